The van der Waals surface area contributed by atoms with Gasteiger partial charge < -0.3 is 9.73 Å². The van der Waals surface area contributed by atoms with Gasteiger partial charge in [0.1, 0.15) is 5.76 Å². The van der Waals surface area contributed by atoms with E-state index in [0.29, 0.717) is 23.6 Å². The number of furan rings is 1. The van der Waals surface area contributed by atoms with Crippen LogP contribution in [0.4, 0.5) is 4.39 Å². The van der Waals surface area contributed by atoms with Crippen LogP contribution in [0.1, 0.15) is 42.6 Å². The minimum absolute atomic E-state index is 0.211. The first-order valence-electron chi connectivity index (χ1n) is 6.63. The maximum absolute atomic E-state index is 14.1. The standard InChI is InChI=1S/C15H18FNO/c1-3-17-8-12-13(10-5-6-10)11-7-4-9(2)14(16)15(11)18-12/h4,7,10,17H,3,5-6,8H2,1-2H3. The van der Waals surface area contributed by atoms with Gasteiger partial charge in [-0.05, 0) is 37.8 Å². The van der Waals surface area contributed by atoms with Crippen molar-refractivity contribution in [1.82, 2.24) is 5.32 Å². The van der Waals surface area contributed by atoms with Gasteiger partial charge in [0.15, 0.2) is 11.4 Å². The van der Waals surface area contributed by atoms with Crippen LogP contribution in [0.3, 0.4) is 0 Å². The summed E-state index contributed by atoms with van der Waals surface area (Å²) in [6.07, 6.45) is 2.40. The van der Waals surface area contributed by atoms with Crippen LogP contribution in [0.25, 0.3) is 11.0 Å². The first-order valence-corrected chi connectivity index (χ1v) is 6.63. The summed E-state index contributed by atoms with van der Waals surface area (Å²) in [4.78, 5) is 0. The minimum atomic E-state index is -0.211. The monoisotopic (exact) mass is 247 g/mol. The van der Waals surface area contributed by atoms with Crippen molar-refractivity contribution in [2.75, 3.05) is 6.54 Å². The molecule has 96 valence electrons. The molecule has 3 heteroatoms. The number of hydrogen-bond acceptors (Lipinski definition) is 2. The predicted octanol–water partition coefficient (Wildman–Crippen LogP) is 3.87. The third-order valence-electron chi connectivity index (χ3n) is 3.63. The van der Waals surface area contributed by atoms with Crippen molar-refractivity contribution in [2.45, 2.75) is 39.2 Å². The van der Waals surface area contributed by atoms with Crippen molar-refractivity contribution in [3.05, 3.63) is 34.8 Å². The second-order valence-corrected chi connectivity index (χ2v) is 5.07. The van der Waals surface area contributed by atoms with Crippen molar-refractivity contribution in [2.24, 2.45) is 0 Å². The van der Waals surface area contributed by atoms with Crippen molar-refractivity contribution < 1.29 is 8.81 Å². The highest BCUT2D eigenvalue weighted by atomic mass is 19.1. The molecule has 18 heavy (non-hydrogen) atoms. The minimum Gasteiger partial charge on any atom is -0.456 e. The van der Waals surface area contributed by atoms with Crippen LogP contribution >= 0.6 is 0 Å². The van der Waals surface area contributed by atoms with Crippen LogP contribution < -0.4 is 5.32 Å². The van der Waals surface area contributed by atoms with Crippen LogP contribution in [-0.2, 0) is 6.54 Å². The molecule has 1 aromatic heterocycles. The summed E-state index contributed by atoms with van der Waals surface area (Å²) in [5, 5.41) is 4.23. The molecule has 1 aromatic carbocycles. The molecule has 0 unspecified atom stereocenters. The van der Waals surface area contributed by atoms with Gasteiger partial charge in [-0.25, -0.2) is 4.39 Å². The van der Waals surface area contributed by atoms with Crippen LogP contribution in [0.2, 0.25) is 0 Å². The molecule has 0 bridgehead atoms. The van der Waals surface area contributed by atoms with E-state index in [1.54, 1.807) is 6.92 Å². The normalized spacial score (nSPS) is 15.5. The lowest BCUT2D eigenvalue weighted by Gasteiger charge is -2.01. The predicted molar refractivity (Wildman–Crippen MR) is 70.3 cm³/mol. The largest absolute Gasteiger partial charge is 0.456 e. The van der Waals surface area contributed by atoms with E-state index in [2.05, 4.69) is 12.2 Å². The molecule has 3 rings (SSSR count). The molecule has 1 aliphatic rings. The fourth-order valence-electron chi connectivity index (χ4n) is 2.48. The highest BCUT2D eigenvalue weighted by Crippen LogP contribution is 2.46. The molecule has 0 radical (unpaired) electrons. The molecule has 0 spiro atoms. The Kier molecular flexibility index (Phi) is 2.86. The van der Waals surface area contributed by atoms with E-state index in [-0.39, 0.29) is 5.82 Å². The Bertz CT molecular complexity index is 584. The van der Waals surface area contributed by atoms with Crippen LogP contribution in [0.5, 0.6) is 0 Å². The summed E-state index contributed by atoms with van der Waals surface area (Å²) in [7, 11) is 0. The summed E-state index contributed by atoms with van der Waals surface area (Å²) < 4.78 is 19.9. The topological polar surface area (TPSA) is 25.2 Å². The molecule has 1 heterocycles. The summed E-state index contributed by atoms with van der Waals surface area (Å²) in [5.41, 5.74) is 2.31. The first-order chi connectivity index (χ1) is 8.72. The zero-order valence-corrected chi connectivity index (χ0v) is 10.8. The Balaban J connectivity index is 2.15. The molecular weight excluding hydrogens is 229 g/mol. The summed E-state index contributed by atoms with van der Waals surface area (Å²) in [5.74, 6) is 1.28. The molecule has 0 atom stereocenters. The van der Waals surface area contributed by atoms with E-state index in [1.807, 2.05) is 12.1 Å². The van der Waals surface area contributed by atoms with Gasteiger partial charge in [-0.2, -0.15) is 0 Å². The summed E-state index contributed by atoms with van der Waals surface area (Å²) in [6, 6.07) is 3.84. The Hall–Kier alpha value is -1.35. The van der Waals surface area contributed by atoms with Crippen molar-refractivity contribution in [3.8, 4) is 0 Å². The van der Waals surface area contributed by atoms with E-state index in [4.69, 9.17) is 4.42 Å². The number of halogens is 1. The molecule has 0 aliphatic heterocycles. The maximum atomic E-state index is 14.1. The quantitative estimate of drug-likeness (QED) is 0.887. The van der Waals surface area contributed by atoms with E-state index in [9.17, 15) is 4.39 Å². The van der Waals surface area contributed by atoms with E-state index < -0.39 is 0 Å². The Morgan fingerprint density at radius 2 is 2.17 bits per heavy atom. The lowest BCUT2D eigenvalue weighted by atomic mass is 10.0. The molecule has 2 nitrogen and oxygen atoms in total. The van der Waals surface area contributed by atoms with Gasteiger partial charge in [0, 0.05) is 10.9 Å². The van der Waals surface area contributed by atoms with Crippen LogP contribution in [-0.4, -0.2) is 6.54 Å². The zero-order valence-electron chi connectivity index (χ0n) is 10.8. The molecular formula is C15H18FNO. The molecule has 1 saturated carbocycles. The number of hydrogen-bond donors (Lipinski definition) is 1. The second kappa shape index (κ2) is 4.39. The number of aryl methyl sites for hydroxylation is 1. The second-order valence-electron chi connectivity index (χ2n) is 5.07. The Labute approximate surface area is 106 Å². The number of nitrogens with one attached hydrogen (secondary N) is 1. The molecule has 0 amide bonds. The van der Waals surface area contributed by atoms with Crippen molar-refractivity contribution in [1.29, 1.82) is 0 Å². The average Bonchev–Trinajstić information content (AvgIpc) is 3.13. The first kappa shape index (κ1) is 11.7. The lowest BCUT2D eigenvalue weighted by Crippen LogP contribution is -2.12. The van der Waals surface area contributed by atoms with Gasteiger partial charge in [-0.1, -0.05) is 19.1 Å². The number of fused-ring (bicyclic) bond motifs is 1. The zero-order chi connectivity index (χ0) is 12.7. The van der Waals surface area contributed by atoms with Gasteiger partial charge in [0.05, 0.1) is 6.54 Å². The van der Waals surface area contributed by atoms with Crippen molar-refractivity contribution in [3.63, 3.8) is 0 Å². The third kappa shape index (κ3) is 1.83. The van der Waals surface area contributed by atoms with Gasteiger partial charge in [0.25, 0.3) is 0 Å². The van der Waals surface area contributed by atoms with E-state index >= 15 is 0 Å². The summed E-state index contributed by atoms with van der Waals surface area (Å²) in [6.45, 7) is 5.42. The Morgan fingerprint density at radius 1 is 1.39 bits per heavy atom. The molecule has 0 saturated heterocycles. The van der Waals surface area contributed by atoms with Gasteiger partial charge in [-0.15, -0.1) is 0 Å². The highest BCUT2D eigenvalue weighted by Gasteiger charge is 2.31. The lowest BCUT2D eigenvalue weighted by molar-refractivity contribution is 0.493. The fraction of sp³-hybridized carbons (Fsp3) is 0.467. The smallest absolute Gasteiger partial charge is 0.170 e. The fourth-order valence-corrected chi connectivity index (χ4v) is 2.48. The summed E-state index contributed by atoms with van der Waals surface area (Å²) >= 11 is 0. The molecule has 2 aromatic rings. The van der Waals surface area contributed by atoms with Gasteiger partial charge in [0.2, 0.25) is 0 Å². The number of benzene rings is 1. The Morgan fingerprint density at radius 3 is 2.83 bits per heavy atom. The average molecular weight is 247 g/mol. The number of rotatable bonds is 4. The maximum Gasteiger partial charge on any atom is 0.170 e. The van der Waals surface area contributed by atoms with Crippen LogP contribution in [0.15, 0.2) is 16.5 Å². The highest BCUT2D eigenvalue weighted by molar-refractivity contribution is 5.84. The molecule has 1 N–H and O–H groups in total. The molecule has 1 fully saturated rings. The molecule has 1 aliphatic carbocycles. The third-order valence-corrected chi connectivity index (χ3v) is 3.63. The SMILES string of the molecule is CCNCc1oc2c(F)c(C)ccc2c1C1CC1. The van der Waals surface area contributed by atoms with Gasteiger partial charge >= 0.3 is 0 Å². The van der Waals surface area contributed by atoms with E-state index in [1.165, 1.54) is 18.4 Å². The van der Waals surface area contributed by atoms with Gasteiger partial charge in [-0.3, -0.25) is 0 Å². The van der Waals surface area contributed by atoms with E-state index in [0.717, 1.165) is 17.7 Å². The van der Waals surface area contributed by atoms with Crippen molar-refractivity contribution >= 4 is 11.0 Å². The van der Waals surface area contributed by atoms with Crippen LogP contribution in [0, 0.1) is 12.7 Å².